The molecule has 0 bridgehead atoms. The van der Waals surface area contributed by atoms with Gasteiger partial charge in [0.15, 0.2) is 0 Å². The van der Waals surface area contributed by atoms with Gasteiger partial charge in [-0.3, -0.25) is 4.79 Å². The van der Waals surface area contributed by atoms with Gasteiger partial charge in [0, 0.05) is 31.4 Å². The molecule has 0 aromatic heterocycles. The van der Waals surface area contributed by atoms with Crippen molar-refractivity contribution >= 4 is 11.6 Å². The van der Waals surface area contributed by atoms with Crippen LogP contribution in [-0.4, -0.2) is 30.9 Å². The third-order valence-electron chi connectivity index (χ3n) is 3.42. The zero-order valence-corrected chi connectivity index (χ0v) is 13.5. The van der Waals surface area contributed by atoms with Gasteiger partial charge in [0.25, 0.3) is 5.91 Å². The quantitative estimate of drug-likeness (QED) is 0.818. The van der Waals surface area contributed by atoms with Crippen LogP contribution in [0, 0.1) is 12.8 Å². The third kappa shape index (κ3) is 4.87. The first-order valence-corrected chi connectivity index (χ1v) is 7.55. The van der Waals surface area contributed by atoms with Crippen molar-refractivity contribution in [3.63, 3.8) is 0 Å². The van der Waals surface area contributed by atoms with Crippen LogP contribution in [0.3, 0.4) is 0 Å². The Labute approximate surface area is 123 Å². The van der Waals surface area contributed by atoms with E-state index in [-0.39, 0.29) is 5.91 Å². The number of nitrogens with zero attached hydrogens (tertiary/aromatic N) is 1. The van der Waals surface area contributed by atoms with Gasteiger partial charge in [-0.15, -0.1) is 0 Å². The molecule has 1 rings (SSSR count). The van der Waals surface area contributed by atoms with Gasteiger partial charge in [0.1, 0.15) is 0 Å². The minimum absolute atomic E-state index is 0.116. The highest BCUT2D eigenvalue weighted by Crippen LogP contribution is 2.17. The number of carbonyl (C=O) groups excluding carboxylic acids is 1. The fraction of sp³-hybridized carbons (Fsp3) is 0.588. The van der Waals surface area contributed by atoms with Gasteiger partial charge in [-0.05, 0) is 49.4 Å². The zero-order valence-electron chi connectivity index (χ0n) is 13.5. The molecule has 0 fully saturated rings. The van der Waals surface area contributed by atoms with E-state index in [9.17, 15) is 4.79 Å². The Bertz CT molecular complexity index is 441. The van der Waals surface area contributed by atoms with Crippen LogP contribution in [0.4, 0.5) is 5.69 Å². The molecule has 1 aromatic carbocycles. The molecule has 0 spiro atoms. The van der Waals surface area contributed by atoms with Crippen LogP contribution in [0.5, 0.6) is 0 Å². The highest BCUT2D eigenvalue weighted by atomic mass is 16.2. The van der Waals surface area contributed by atoms with Crippen molar-refractivity contribution in [3.8, 4) is 0 Å². The van der Waals surface area contributed by atoms with Crippen molar-refractivity contribution in [1.82, 2.24) is 4.90 Å². The fourth-order valence-electron chi connectivity index (χ4n) is 2.04. The Morgan fingerprint density at radius 1 is 1.35 bits per heavy atom. The average molecular weight is 276 g/mol. The molecule has 0 saturated carbocycles. The molecule has 112 valence electrons. The van der Waals surface area contributed by atoms with E-state index in [1.54, 1.807) is 0 Å². The van der Waals surface area contributed by atoms with E-state index in [4.69, 9.17) is 0 Å². The lowest BCUT2D eigenvalue weighted by Crippen LogP contribution is -2.29. The SMILES string of the molecule is CCCNc1ccc(C(=O)N(C)CCC(C)C)c(C)c1. The number of hydrogen-bond donors (Lipinski definition) is 1. The van der Waals surface area contributed by atoms with Gasteiger partial charge in [-0.25, -0.2) is 0 Å². The molecule has 0 saturated heterocycles. The van der Waals surface area contributed by atoms with Crippen LogP contribution in [0.1, 0.15) is 49.5 Å². The lowest BCUT2D eigenvalue weighted by Gasteiger charge is -2.20. The van der Waals surface area contributed by atoms with Crippen molar-refractivity contribution < 1.29 is 4.79 Å². The first-order valence-electron chi connectivity index (χ1n) is 7.55. The second kappa shape index (κ2) is 7.93. The summed E-state index contributed by atoms with van der Waals surface area (Å²) in [6.45, 7) is 10.3. The Kier molecular flexibility index (Phi) is 6.56. The van der Waals surface area contributed by atoms with Crippen molar-refractivity contribution in [2.75, 3.05) is 25.5 Å². The van der Waals surface area contributed by atoms with E-state index in [1.807, 2.05) is 31.0 Å². The molecule has 0 radical (unpaired) electrons. The van der Waals surface area contributed by atoms with Gasteiger partial charge in [-0.1, -0.05) is 20.8 Å². The summed E-state index contributed by atoms with van der Waals surface area (Å²) in [5.74, 6) is 0.733. The lowest BCUT2D eigenvalue weighted by atomic mass is 10.1. The summed E-state index contributed by atoms with van der Waals surface area (Å²) in [5, 5.41) is 3.35. The number of benzene rings is 1. The Hall–Kier alpha value is -1.51. The molecule has 1 amide bonds. The van der Waals surface area contributed by atoms with Gasteiger partial charge in [0.05, 0.1) is 0 Å². The minimum atomic E-state index is 0.116. The van der Waals surface area contributed by atoms with Gasteiger partial charge < -0.3 is 10.2 Å². The molecule has 0 unspecified atom stereocenters. The predicted octanol–water partition coefficient (Wildman–Crippen LogP) is 3.94. The Balaban J connectivity index is 2.72. The molecule has 1 N–H and O–H groups in total. The monoisotopic (exact) mass is 276 g/mol. The number of anilines is 1. The molecule has 0 aliphatic rings. The molecule has 3 heteroatoms. The van der Waals surface area contributed by atoms with Crippen molar-refractivity contribution in [1.29, 1.82) is 0 Å². The number of carbonyl (C=O) groups is 1. The second-order valence-electron chi connectivity index (χ2n) is 5.87. The van der Waals surface area contributed by atoms with Crippen molar-refractivity contribution in [3.05, 3.63) is 29.3 Å². The minimum Gasteiger partial charge on any atom is -0.385 e. The van der Waals surface area contributed by atoms with Crippen LogP contribution in [0.15, 0.2) is 18.2 Å². The summed E-state index contributed by atoms with van der Waals surface area (Å²) in [5.41, 5.74) is 2.93. The molecule has 0 aliphatic carbocycles. The molecular weight excluding hydrogens is 248 g/mol. The second-order valence-corrected chi connectivity index (χ2v) is 5.87. The summed E-state index contributed by atoms with van der Waals surface area (Å²) in [4.78, 5) is 14.2. The maximum Gasteiger partial charge on any atom is 0.253 e. The molecule has 20 heavy (non-hydrogen) atoms. The first-order chi connectivity index (χ1) is 9.45. The number of aryl methyl sites for hydroxylation is 1. The number of nitrogens with one attached hydrogen (secondary N) is 1. The average Bonchev–Trinajstić information content (AvgIpc) is 2.41. The molecule has 0 atom stereocenters. The smallest absolute Gasteiger partial charge is 0.253 e. The zero-order chi connectivity index (χ0) is 15.1. The van der Waals surface area contributed by atoms with Crippen molar-refractivity contribution in [2.45, 2.75) is 40.5 Å². The maximum absolute atomic E-state index is 12.4. The van der Waals surface area contributed by atoms with Crippen LogP contribution < -0.4 is 5.32 Å². The number of rotatable bonds is 7. The lowest BCUT2D eigenvalue weighted by molar-refractivity contribution is 0.0788. The van der Waals surface area contributed by atoms with Gasteiger partial charge in [-0.2, -0.15) is 0 Å². The number of hydrogen-bond acceptors (Lipinski definition) is 2. The summed E-state index contributed by atoms with van der Waals surface area (Å²) >= 11 is 0. The van der Waals surface area contributed by atoms with E-state index in [1.165, 1.54) is 0 Å². The maximum atomic E-state index is 12.4. The summed E-state index contributed by atoms with van der Waals surface area (Å²) in [7, 11) is 1.88. The van der Waals surface area contributed by atoms with Crippen LogP contribution in [-0.2, 0) is 0 Å². The molecule has 0 heterocycles. The van der Waals surface area contributed by atoms with E-state index in [2.05, 4.69) is 32.2 Å². The van der Waals surface area contributed by atoms with E-state index in [0.717, 1.165) is 42.7 Å². The van der Waals surface area contributed by atoms with Crippen molar-refractivity contribution in [2.24, 2.45) is 5.92 Å². The standard InChI is InChI=1S/C17H28N2O/c1-6-10-18-15-7-8-16(14(4)12-15)17(20)19(5)11-9-13(2)3/h7-8,12-13,18H,6,9-11H2,1-5H3. The highest BCUT2D eigenvalue weighted by Gasteiger charge is 2.14. The van der Waals surface area contributed by atoms with Crippen LogP contribution >= 0.6 is 0 Å². The van der Waals surface area contributed by atoms with Crippen LogP contribution in [0.25, 0.3) is 0 Å². The molecule has 1 aromatic rings. The predicted molar refractivity (Wildman–Crippen MR) is 86.4 cm³/mol. The molecule has 3 nitrogen and oxygen atoms in total. The Morgan fingerprint density at radius 2 is 2.05 bits per heavy atom. The van der Waals surface area contributed by atoms with E-state index < -0.39 is 0 Å². The van der Waals surface area contributed by atoms with E-state index >= 15 is 0 Å². The molecular formula is C17H28N2O. The third-order valence-corrected chi connectivity index (χ3v) is 3.42. The summed E-state index contributed by atoms with van der Waals surface area (Å²) in [6.07, 6.45) is 2.13. The van der Waals surface area contributed by atoms with E-state index in [0.29, 0.717) is 5.92 Å². The molecule has 0 aliphatic heterocycles. The fourth-order valence-corrected chi connectivity index (χ4v) is 2.04. The Morgan fingerprint density at radius 3 is 2.60 bits per heavy atom. The summed E-state index contributed by atoms with van der Waals surface area (Å²) in [6, 6.07) is 5.98. The number of amides is 1. The van der Waals surface area contributed by atoms with Gasteiger partial charge >= 0.3 is 0 Å². The topological polar surface area (TPSA) is 32.3 Å². The first kappa shape index (κ1) is 16.5. The largest absolute Gasteiger partial charge is 0.385 e. The summed E-state index contributed by atoms with van der Waals surface area (Å²) < 4.78 is 0. The highest BCUT2D eigenvalue weighted by molar-refractivity contribution is 5.95. The normalized spacial score (nSPS) is 10.7. The van der Waals surface area contributed by atoms with Crippen LogP contribution in [0.2, 0.25) is 0 Å². The van der Waals surface area contributed by atoms with Gasteiger partial charge in [0.2, 0.25) is 0 Å².